The summed E-state index contributed by atoms with van der Waals surface area (Å²) in [4.78, 5) is 12.4. The van der Waals surface area contributed by atoms with Gasteiger partial charge in [0.25, 0.3) is 0 Å². The van der Waals surface area contributed by atoms with Crippen LogP contribution in [0.5, 0.6) is 0 Å². The number of nitrogens with zero attached hydrogens (tertiary/aromatic N) is 4. The molecule has 0 spiro atoms. The highest BCUT2D eigenvalue weighted by Crippen LogP contribution is 2.52. The maximum Gasteiger partial charge on any atom is 0.234 e. The number of aromatic nitrogens is 4. The normalized spacial score (nSPS) is 12.0. The van der Waals surface area contributed by atoms with E-state index in [9.17, 15) is 0 Å². The fourth-order valence-electron chi connectivity index (χ4n) is 19.0. The van der Waals surface area contributed by atoms with Gasteiger partial charge in [0.05, 0.1) is 32.9 Å². The fraction of sp³-hybridized carbons (Fsp3) is 0.0185. The molecule has 4 nitrogen and oxygen atoms in total. The van der Waals surface area contributed by atoms with Crippen LogP contribution in [0.3, 0.4) is 0 Å². The number of hydrogen-bond donors (Lipinski definition) is 0. The lowest BCUT2D eigenvalue weighted by Crippen LogP contribution is -2.79. The predicted molar refractivity (Wildman–Crippen MR) is 480 cm³/mol. The molecule has 538 valence electrons. The topological polar surface area (TPSA) is 35.6 Å². The van der Waals surface area contributed by atoms with E-state index < -0.39 is 27.0 Å². The van der Waals surface area contributed by atoms with Crippen molar-refractivity contribution < 1.29 is 0 Å². The van der Waals surface area contributed by atoms with Gasteiger partial charge in [-0.15, -0.1) is 0 Å². The van der Waals surface area contributed by atoms with Crippen molar-refractivity contribution in [3.05, 3.63) is 518 Å². The molecule has 3 aromatic heterocycles. The fourth-order valence-corrected chi connectivity index (χ4v) is 28.4. The van der Waals surface area contributed by atoms with Crippen LogP contribution in [-0.4, -0.2) is 35.2 Å². The summed E-state index contributed by atoms with van der Waals surface area (Å²) in [7, 11) is -6.72. The Hall–Kier alpha value is -14.1. The molecule has 114 heavy (non-hydrogen) atoms. The standard InChI is InChI=1S/C108H78N4Si2/c1-13-41-81(42-14-1)107(82-43-15-2-16-44-82,83-45-17-3-18-46-83)87-75-88(108(84-47-19-4-20-48-84,85-49-21-5-22-50-85)86-51-23-6-24-52-86)77-89(76-87)111-100-67-39-37-65-96(100)98-73-79(69-71-102(98)111)80-70-72-103-99(74-80)97-66-38-40-68-101(97)112(103)106-109-104(113(90-53-25-7-26-54-90,91-55-27-8-28-56-91)92-57-29-9-30-58-92)78-105(110-106)114(93-59-31-10-32-60-93,94-61-33-11-34-62-94)95-63-35-12-36-64-95/h1-78H. The van der Waals surface area contributed by atoms with E-state index in [-0.39, 0.29) is 0 Å². The van der Waals surface area contributed by atoms with Gasteiger partial charge in [0.1, 0.15) is 0 Å². The zero-order valence-corrected chi connectivity index (χ0v) is 64.8. The van der Waals surface area contributed by atoms with Crippen molar-refractivity contribution in [2.24, 2.45) is 0 Å². The highest BCUT2D eigenvalue weighted by molar-refractivity contribution is 7.21. The second kappa shape index (κ2) is 29.3. The summed E-state index contributed by atoms with van der Waals surface area (Å²) in [6.07, 6.45) is 0. The van der Waals surface area contributed by atoms with Gasteiger partial charge in [0.15, 0.2) is 0 Å². The van der Waals surface area contributed by atoms with Gasteiger partial charge in [-0.3, -0.25) is 4.57 Å². The molecule has 17 aromatic carbocycles. The molecule has 6 heteroatoms. The van der Waals surface area contributed by atoms with E-state index in [2.05, 4.69) is 482 Å². The van der Waals surface area contributed by atoms with Crippen molar-refractivity contribution in [2.75, 3.05) is 0 Å². The predicted octanol–water partition coefficient (Wildman–Crippen LogP) is 19.9. The Morgan fingerprint density at radius 1 is 0.184 bits per heavy atom. The summed E-state index contributed by atoms with van der Waals surface area (Å²) >= 11 is 0. The average molecular weight is 1490 g/mol. The Morgan fingerprint density at radius 2 is 0.421 bits per heavy atom. The van der Waals surface area contributed by atoms with E-state index in [4.69, 9.17) is 9.97 Å². The van der Waals surface area contributed by atoms with Crippen LogP contribution < -0.4 is 41.8 Å². The van der Waals surface area contributed by atoms with Crippen LogP contribution >= 0.6 is 0 Å². The number of rotatable bonds is 19. The van der Waals surface area contributed by atoms with Gasteiger partial charge in [-0.2, -0.15) is 0 Å². The van der Waals surface area contributed by atoms with Gasteiger partial charge in [0, 0.05) is 37.9 Å². The summed E-state index contributed by atoms with van der Waals surface area (Å²) in [5, 5.41) is 14.0. The lowest BCUT2D eigenvalue weighted by molar-refractivity contribution is 0.716. The highest BCUT2D eigenvalue weighted by atomic mass is 28.3. The first-order valence-electron chi connectivity index (χ1n) is 39.4. The quantitative estimate of drug-likeness (QED) is 0.0597. The molecule has 0 aliphatic rings. The number of benzene rings is 17. The molecule has 0 aliphatic carbocycles. The number of para-hydroxylation sites is 2. The van der Waals surface area contributed by atoms with Crippen LogP contribution in [0, 0.1) is 0 Å². The Labute approximate surface area is 667 Å². The third-order valence-corrected chi connectivity index (χ3v) is 33.1. The molecule has 0 amide bonds. The first-order chi connectivity index (χ1) is 56.5. The molecule has 0 unspecified atom stereocenters. The van der Waals surface area contributed by atoms with Crippen LogP contribution in [0.4, 0.5) is 0 Å². The minimum absolute atomic E-state index is 0.629. The third kappa shape index (κ3) is 11.2. The molecule has 3 heterocycles. The van der Waals surface area contributed by atoms with Crippen LogP contribution in [-0.2, 0) is 10.8 Å². The summed E-state index contributed by atoms with van der Waals surface area (Å²) in [6.45, 7) is 0. The minimum Gasteiger partial charge on any atom is -0.309 e. The van der Waals surface area contributed by atoms with Gasteiger partial charge < -0.3 is 4.57 Å². The van der Waals surface area contributed by atoms with Crippen molar-refractivity contribution in [1.82, 2.24) is 19.1 Å². The molecule has 20 aromatic rings. The Balaban J connectivity index is 0.834. The van der Waals surface area contributed by atoms with Gasteiger partial charge in [-0.25, -0.2) is 9.97 Å². The molecular formula is C108H78N4Si2. The lowest BCUT2D eigenvalue weighted by Gasteiger charge is -2.41. The maximum absolute atomic E-state index is 6.21. The first-order valence-corrected chi connectivity index (χ1v) is 43.4. The van der Waals surface area contributed by atoms with Gasteiger partial charge in [-0.05, 0) is 141 Å². The summed E-state index contributed by atoms with van der Waals surface area (Å²) in [5.74, 6) is 0.629. The maximum atomic E-state index is 6.21. The van der Waals surface area contributed by atoms with Crippen molar-refractivity contribution in [1.29, 1.82) is 0 Å². The van der Waals surface area contributed by atoms with E-state index in [1.54, 1.807) is 0 Å². The smallest absolute Gasteiger partial charge is 0.234 e. The van der Waals surface area contributed by atoms with E-state index >= 15 is 0 Å². The Kier molecular flexibility index (Phi) is 17.7. The van der Waals surface area contributed by atoms with Gasteiger partial charge in [0.2, 0.25) is 22.1 Å². The van der Waals surface area contributed by atoms with Crippen molar-refractivity contribution in [2.45, 2.75) is 10.8 Å². The van der Waals surface area contributed by atoms with Crippen LogP contribution in [0.25, 0.3) is 66.4 Å². The zero-order valence-electron chi connectivity index (χ0n) is 62.8. The summed E-state index contributed by atoms with van der Waals surface area (Å²) in [5.41, 5.74) is 15.2. The molecule has 0 saturated carbocycles. The Morgan fingerprint density at radius 3 is 0.711 bits per heavy atom. The third-order valence-electron chi connectivity index (χ3n) is 23.9. The SMILES string of the molecule is c1ccc(C(c2ccccc2)(c2ccccc2)c2cc(-n3c4ccccc4c4cc(-c5ccc6c(c5)c5ccccc5n6-c5nc([Si](c6ccccc6)(c6ccccc6)c6ccccc6)cc([Si](c6ccccc6)(c6ccccc6)c6ccccc6)n5)ccc43)cc(C(c3ccccc3)(c3ccccc3)c3ccccc3)c2)cc1. The number of fused-ring (bicyclic) bond motifs is 6. The first kappa shape index (κ1) is 69.1. The summed E-state index contributed by atoms with van der Waals surface area (Å²) in [6, 6.07) is 176. The van der Waals surface area contributed by atoms with Crippen LogP contribution in [0.1, 0.15) is 44.5 Å². The largest absolute Gasteiger partial charge is 0.309 e. The van der Waals surface area contributed by atoms with Gasteiger partial charge >= 0.3 is 0 Å². The van der Waals surface area contributed by atoms with Crippen molar-refractivity contribution >= 4 is 102 Å². The highest BCUT2D eigenvalue weighted by Gasteiger charge is 2.49. The molecule has 0 saturated heterocycles. The Bertz CT molecular complexity index is 5700. The second-order valence-electron chi connectivity index (χ2n) is 29.8. The van der Waals surface area contributed by atoms with Crippen molar-refractivity contribution in [3.8, 4) is 22.8 Å². The monoisotopic (exact) mass is 1490 g/mol. The summed E-state index contributed by atoms with van der Waals surface area (Å²) < 4.78 is 4.90. The molecule has 0 aliphatic heterocycles. The molecule has 0 N–H and O–H groups in total. The van der Waals surface area contributed by atoms with E-state index in [1.807, 2.05) is 0 Å². The number of hydrogen-bond acceptors (Lipinski definition) is 2. The van der Waals surface area contributed by atoms with E-state index in [1.165, 1.54) is 64.5 Å². The molecule has 0 atom stereocenters. The van der Waals surface area contributed by atoms with Crippen molar-refractivity contribution in [3.63, 3.8) is 0 Å². The van der Waals surface area contributed by atoms with E-state index in [0.29, 0.717) is 5.95 Å². The molecular weight excluding hydrogens is 1410 g/mol. The molecule has 0 radical (unpaired) electrons. The molecule has 0 bridgehead atoms. The zero-order chi connectivity index (χ0) is 75.9. The lowest BCUT2D eigenvalue weighted by atomic mass is 9.61. The van der Waals surface area contributed by atoms with Gasteiger partial charge in [-0.1, -0.05) is 419 Å². The molecule has 20 rings (SSSR count). The average Bonchev–Trinajstić information content (AvgIpc) is 1.02. The van der Waals surface area contributed by atoms with Crippen LogP contribution in [0.15, 0.2) is 473 Å². The molecule has 0 fully saturated rings. The second-order valence-corrected chi connectivity index (χ2v) is 37.3. The minimum atomic E-state index is -3.36. The van der Waals surface area contributed by atoms with E-state index in [0.717, 1.165) is 82.2 Å². The van der Waals surface area contributed by atoms with Crippen LogP contribution in [0.2, 0.25) is 0 Å².